The average Bonchev–Trinajstić information content (AvgIpc) is 4.02. The van der Waals surface area contributed by atoms with Crippen LogP contribution in [0.25, 0.3) is 38.4 Å². The van der Waals surface area contributed by atoms with Crippen LogP contribution in [0.5, 0.6) is 0 Å². The molecule has 6 heterocycles. The van der Waals surface area contributed by atoms with Gasteiger partial charge in [-0.3, -0.25) is 4.90 Å². The number of para-hydroxylation sites is 2. The molecule has 66 heavy (non-hydrogen) atoms. The molecule has 4 aliphatic heterocycles. The highest BCUT2D eigenvalue weighted by molar-refractivity contribution is 8.03. The van der Waals surface area contributed by atoms with E-state index in [9.17, 15) is 0 Å². The summed E-state index contributed by atoms with van der Waals surface area (Å²) in [5.74, 6) is 0.848. The third kappa shape index (κ3) is 5.08. The largest absolute Gasteiger partial charge is 0.354 e. The van der Waals surface area contributed by atoms with Crippen molar-refractivity contribution >= 4 is 79.2 Å². The van der Waals surface area contributed by atoms with Crippen LogP contribution < -0.4 is 15.8 Å². The molecule has 4 aromatic carbocycles. The monoisotopic (exact) mass is 880 g/mol. The second-order valence-electron chi connectivity index (χ2n) is 23.6. The van der Waals surface area contributed by atoms with Gasteiger partial charge >= 0.3 is 0 Å². The van der Waals surface area contributed by atoms with Gasteiger partial charge in [0.25, 0.3) is 6.71 Å². The summed E-state index contributed by atoms with van der Waals surface area (Å²) in [4.78, 5) is 12.7. The summed E-state index contributed by atoms with van der Waals surface area (Å²) in [5.41, 5.74) is 18.4. The fraction of sp³-hybridized carbons (Fsp3) is 0.367. The minimum absolute atomic E-state index is 0.0193. The minimum atomic E-state index is -0.0193. The summed E-state index contributed by atoms with van der Waals surface area (Å²) in [6.45, 7) is 19.8. The van der Waals surface area contributed by atoms with Crippen LogP contribution in [0.2, 0.25) is 0 Å². The Labute approximate surface area is 395 Å². The third-order valence-electron chi connectivity index (χ3n) is 18.2. The van der Waals surface area contributed by atoms with E-state index in [1.54, 1.807) is 0 Å². The summed E-state index contributed by atoms with van der Waals surface area (Å²) >= 11 is 2.05. The summed E-state index contributed by atoms with van der Waals surface area (Å²) in [5, 5.41) is 4.01. The Morgan fingerprint density at radius 3 is 2.45 bits per heavy atom. The number of nitrogens with zero attached hydrogens (tertiary/aromatic N) is 3. The lowest BCUT2D eigenvalue weighted by molar-refractivity contribution is -0.00475. The van der Waals surface area contributed by atoms with Gasteiger partial charge in [-0.05, 0) is 105 Å². The van der Waals surface area contributed by atoms with Crippen LogP contribution in [0.4, 0.5) is 11.4 Å². The Morgan fingerprint density at radius 2 is 1.61 bits per heavy atom. The lowest BCUT2D eigenvalue weighted by Gasteiger charge is -2.54. The van der Waals surface area contributed by atoms with E-state index in [0.717, 1.165) is 12.8 Å². The zero-order valence-corrected chi connectivity index (χ0v) is 40.7. The molecule has 330 valence electrons. The van der Waals surface area contributed by atoms with Gasteiger partial charge in [-0.2, -0.15) is 0 Å². The van der Waals surface area contributed by atoms with Crippen molar-refractivity contribution in [3.05, 3.63) is 154 Å². The SMILES string of the molecule is CC(C)(C)C1=CC2C(C=C1)N(C1C=C3C4=C(C1)n1c5c(c6cccc(c61)B4c1ccc(C(C)(C)C)cc1N3c1cccc3[nH]c4ccccc4c13)SC1=CC=CCC15)C1(C)CCCCC21C. The normalized spacial score (nSPS) is 28.6. The zero-order chi connectivity index (χ0) is 44.8. The van der Waals surface area contributed by atoms with Gasteiger partial charge in [0.15, 0.2) is 0 Å². The predicted octanol–water partition coefficient (Wildman–Crippen LogP) is 14.0. The zero-order valence-electron chi connectivity index (χ0n) is 39.9. The first-order valence-corrected chi connectivity index (χ1v) is 25.9. The van der Waals surface area contributed by atoms with Crippen molar-refractivity contribution in [2.24, 2.45) is 16.7 Å². The molecule has 0 spiro atoms. The minimum Gasteiger partial charge on any atom is -0.354 e. The topological polar surface area (TPSA) is 27.2 Å². The van der Waals surface area contributed by atoms with Crippen molar-refractivity contribution in [2.45, 2.75) is 128 Å². The van der Waals surface area contributed by atoms with Crippen molar-refractivity contribution in [2.75, 3.05) is 4.90 Å². The first-order chi connectivity index (χ1) is 31.7. The van der Waals surface area contributed by atoms with Crippen LogP contribution in [-0.4, -0.2) is 38.8 Å². The maximum absolute atomic E-state index is 3.85. The molecule has 4 nitrogen and oxygen atoms in total. The Morgan fingerprint density at radius 1 is 0.803 bits per heavy atom. The maximum Gasteiger partial charge on any atom is 0.251 e. The molecule has 6 heteroatoms. The Kier molecular flexibility index (Phi) is 8.05. The van der Waals surface area contributed by atoms with Gasteiger partial charge in [-0.1, -0.05) is 164 Å². The second kappa shape index (κ2) is 13.3. The molecule has 2 fully saturated rings. The molecule has 14 rings (SSSR count). The van der Waals surface area contributed by atoms with Gasteiger partial charge in [0.1, 0.15) is 0 Å². The highest BCUT2D eigenvalue weighted by Gasteiger charge is 2.65. The van der Waals surface area contributed by atoms with E-state index in [2.05, 4.69) is 196 Å². The van der Waals surface area contributed by atoms with Gasteiger partial charge < -0.3 is 14.5 Å². The number of benzene rings is 4. The number of aromatic nitrogens is 2. The number of rotatable bonds is 2. The van der Waals surface area contributed by atoms with Crippen molar-refractivity contribution in [3.8, 4) is 0 Å². The van der Waals surface area contributed by atoms with Crippen molar-refractivity contribution < 1.29 is 0 Å². The Hall–Kier alpha value is -5.17. The standard InChI is InChI=1S/C60H61BN4S/c1-57(2,3)35-26-28-46-41(31-35)59(7)29-13-14-30-60(59,8)65(46)37-33-49-53-50(34-37)64-54-40(56-55(64)39-18-10-12-24-51(39)66-56)19-15-20-43(54)61(53)42-27-25-36(58(4,5)6)32-48(42)63(49)47-23-16-22-45-52(47)38-17-9-11-21-44(38)62-45/h9-12,15-17,19-28,31-33,37,39,41,46,62H,13-14,18,29-30,34H2,1-8H3. The van der Waals surface area contributed by atoms with Crippen molar-refractivity contribution in [1.29, 1.82) is 0 Å². The smallest absolute Gasteiger partial charge is 0.251 e. The van der Waals surface area contributed by atoms with Crippen LogP contribution >= 0.6 is 11.8 Å². The number of fused-ring (bicyclic) bond motifs is 15. The van der Waals surface area contributed by atoms with E-state index in [0.29, 0.717) is 17.9 Å². The molecule has 0 amide bonds. The molecule has 1 saturated carbocycles. The fourth-order valence-corrected chi connectivity index (χ4v) is 16.2. The van der Waals surface area contributed by atoms with E-state index in [1.165, 1.54) is 124 Å². The van der Waals surface area contributed by atoms with Gasteiger partial charge in [0, 0.05) is 96.3 Å². The highest BCUT2D eigenvalue weighted by atomic mass is 32.2. The first kappa shape index (κ1) is 40.0. The molecule has 1 N–H and O–H groups in total. The van der Waals surface area contributed by atoms with Crippen LogP contribution in [0.15, 0.2) is 148 Å². The molecule has 6 unspecified atom stereocenters. The van der Waals surface area contributed by atoms with Gasteiger partial charge in [0.2, 0.25) is 0 Å². The summed E-state index contributed by atoms with van der Waals surface area (Å²) in [6.07, 6.45) is 25.0. The molecule has 6 aromatic rings. The Balaban J connectivity index is 1.09. The van der Waals surface area contributed by atoms with E-state index in [4.69, 9.17) is 0 Å². The lowest BCUT2D eigenvalue weighted by atomic mass is 9.32. The number of likely N-dealkylation sites (tertiary alicyclic amines) is 1. The third-order valence-corrected chi connectivity index (χ3v) is 19.5. The highest BCUT2D eigenvalue weighted by Crippen LogP contribution is 2.64. The number of hydrogen-bond donors (Lipinski definition) is 1. The number of nitrogens with one attached hydrogen (secondary N) is 1. The lowest BCUT2D eigenvalue weighted by Crippen LogP contribution is -2.59. The van der Waals surface area contributed by atoms with E-state index in [1.807, 2.05) is 11.8 Å². The van der Waals surface area contributed by atoms with E-state index >= 15 is 0 Å². The fourth-order valence-electron chi connectivity index (χ4n) is 14.8. The quantitative estimate of drug-likeness (QED) is 0.176. The number of anilines is 2. The van der Waals surface area contributed by atoms with E-state index in [-0.39, 0.29) is 34.5 Å². The molecule has 4 aliphatic carbocycles. The summed E-state index contributed by atoms with van der Waals surface area (Å²) < 4.78 is 2.87. The summed E-state index contributed by atoms with van der Waals surface area (Å²) in [6, 6.07) is 31.3. The van der Waals surface area contributed by atoms with Crippen molar-refractivity contribution in [1.82, 2.24) is 14.5 Å². The number of aromatic amines is 1. The first-order valence-electron chi connectivity index (χ1n) is 25.0. The summed E-state index contributed by atoms with van der Waals surface area (Å²) in [7, 11) is 0. The van der Waals surface area contributed by atoms with Gasteiger partial charge in [-0.25, -0.2) is 0 Å². The van der Waals surface area contributed by atoms with Crippen LogP contribution in [0.3, 0.4) is 0 Å². The van der Waals surface area contributed by atoms with Crippen molar-refractivity contribution in [3.63, 3.8) is 0 Å². The molecule has 0 radical (unpaired) electrons. The molecular formula is C60H61BN4S. The number of hydrogen-bond acceptors (Lipinski definition) is 3. The molecule has 6 atom stereocenters. The molecular weight excluding hydrogens is 820 g/mol. The molecule has 8 aliphatic rings. The average molecular weight is 881 g/mol. The predicted molar refractivity (Wildman–Crippen MR) is 281 cm³/mol. The van der Waals surface area contributed by atoms with E-state index < -0.39 is 0 Å². The number of H-pyrrole nitrogens is 1. The van der Waals surface area contributed by atoms with Crippen LogP contribution in [0.1, 0.15) is 111 Å². The molecule has 0 bridgehead atoms. The number of allylic oxidation sites excluding steroid dienone is 7. The molecule has 2 aromatic heterocycles. The number of thioether (sulfide) groups is 1. The maximum atomic E-state index is 3.85. The van der Waals surface area contributed by atoms with Crippen LogP contribution in [-0.2, 0) is 5.41 Å². The van der Waals surface area contributed by atoms with Crippen LogP contribution in [0, 0.1) is 16.7 Å². The second-order valence-corrected chi connectivity index (χ2v) is 24.7. The van der Waals surface area contributed by atoms with Gasteiger partial charge in [-0.15, -0.1) is 0 Å². The Bertz CT molecular complexity index is 3350. The van der Waals surface area contributed by atoms with Gasteiger partial charge in [0.05, 0.1) is 5.69 Å². The molecule has 1 saturated heterocycles.